The van der Waals surface area contributed by atoms with Gasteiger partial charge in [-0.1, -0.05) is 12.6 Å². The smallest absolute Gasteiger partial charge is 0.137 e. The number of rotatable bonds is 2. The zero-order valence-corrected chi connectivity index (χ0v) is 8.01. The van der Waals surface area contributed by atoms with Gasteiger partial charge in [0.2, 0.25) is 0 Å². The SMILES string of the molecule is C=C(C)C(O)c1cn2ccccc2n1. The van der Waals surface area contributed by atoms with Gasteiger partial charge in [-0.25, -0.2) is 4.98 Å². The minimum absolute atomic E-state index is 0.642. The second-order valence-electron chi connectivity index (χ2n) is 3.38. The van der Waals surface area contributed by atoms with Crippen LogP contribution in [0.25, 0.3) is 5.65 Å². The topological polar surface area (TPSA) is 37.5 Å². The number of hydrogen-bond donors (Lipinski definition) is 1. The molecule has 0 saturated carbocycles. The van der Waals surface area contributed by atoms with Crippen LogP contribution in [-0.4, -0.2) is 14.5 Å². The summed E-state index contributed by atoms with van der Waals surface area (Å²) in [7, 11) is 0. The van der Waals surface area contributed by atoms with Crippen LogP contribution in [0.2, 0.25) is 0 Å². The fraction of sp³-hybridized carbons (Fsp3) is 0.182. The highest BCUT2D eigenvalue weighted by atomic mass is 16.3. The summed E-state index contributed by atoms with van der Waals surface area (Å²) in [6.45, 7) is 5.49. The number of aliphatic hydroxyl groups is 1. The lowest BCUT2D eigenvalue weighted by Crippen LogP contribution is -1.97. The van der Waals surface area contributed by atoms with Gasteiger partial charge >= 0.3 is 0 Å². The summed E-state index contributed by atoms with van der Waals surface area (Å²) in [5, 5.41) is 9.72. The number of hydrogen-bond acceptors (Lipinski definition) is 2. The minimum Gasteiger partial charge on any atom is -0.382 e. The van der Waals surface area contributed by atoms with E-state index in [0.717, 1.165) is 5.65 Å². The molecule has 1 atom stereocenters. The summed E-state index contributed by atoms with van der Waals surface area (Å²) in [4.78, 5) is 4.29. The number of pyridine rings is 1. The average molecular weight is 188 g/mol. The number of aliphatic hydroxyl groups excluding tert-OH is 1. The van der Waals surface area contributed by atoms with Crippen molar-refractivity contribution in [3.8, 4) is 0 Å². The Balaban J connectivity index is 2.50. The van der Waals surface area contributed by atoms with Crippen LogP contribution in [0.4, 0.5) is 0 Å². The molecule has 2 rings (SSSR count). The van der Waals surface area contributed by atoms with Crippen LogP contribution in [0.1, 0.15) is 18.7 Å². The maximum absolute atomic E-state index is 9.72. The minimum atomic E-state index is -0.671. The van der Waals surface area contributed by atoms with Gasteiger partial charge in [-0.15, -0.1) is 0 Å². The van der Waals surface area contributed by atoms with Crippen molar-refractivity contribution in [2.24, 2.45) is 0 Å². The summed E-state index contributed by atoms with van der Waals surface area (Å²) in [5.41, 5.74) is 2.18. The lowest BCUT2D eigenvalue weighted by molar-refractivity contribution is 0.212. The van der Waals surface area contributed by atoms with Crippen LogP contribution in [0.15, 0.2) is 42.7 Å². The van der Waals surface area contributed by atoms with Crippen LogP contribution in [0.5, 0.6) is 0 Å². The summed E-state index contributed by atoms with van der Waals surface area (Å²) < 4.78 is 1.88. The molecule has 0 spiro atoms. The van der Waals surface area contributed by atoms with Crippen molar-refractivity contribution in [3.05, 3.63) is 48.4 Å². The van der Waals surface area contributed by atoms with Crippen molar-refractivity contribution in [1.82, 2.24) is 9.38 Å². The van der Waals surface area contributed by atoms with E-state index >= 15 is 0 Å². The molecule has 2 heterocycles. The van der Waals surface area contributed by atoms with E-state index in [0.29, 0.717) is 11.3 Å². The largest absolute Gasteiger partial charge is 0.382 e. The van der Waals surface area contributed by atoms with Crippen molar-refractivity contribution < 1.29 is 5.11 Å². The molecule has 0 aliphatic heterocycles. The van der Waals surface area contributed by atoms with Crippen LogP contribution in [0, 0.1) is 0 Å². The highest BCUT2D eigenvalue weighted by molar-refractivity contribution is 5.40. The summed E-state index contributed by atoms with van der Waals surface area (Å²) in [5.74, 6) is 0. The van der Waals surface area contributed by atoms with Gasteiger partial charge in [0.1, 0.15) is 11.8 Å². The van der Waals surface area contributed by atoms with Crippen molar-refractivity contribution in [2.45, 2.75) is 13.0 Å². The zero-order valence-electron chi connectivity index (χ0n) is 8.01. The third-order valence-electron chi connectivity index (χ3n) is 2.13. The predicted octanol–water partition coefficient (Wildman–Crippen LogP) is 1.94. The van der Waals surface area contributed by atoms with E-state index < -0.39 is 6.10 Å². The standard InChI is InChI=1S/C11H12N2O/c1-8(2)11(14)9-7-13-6-4-3-5-10(13)12-9/h3-7,11,14H,1H2,2H3. The van der Waals surface area contributed by atoms with Crippen LogP contribution in [0.3, 0.4) is 0 Å². The second kappa shape index (κ2) is 3.27. The Labute approximate surface area is 82.3 Å². The van der Waals surface area contributed by atoms with E-state index in [2.05, 4.69) is 11.6 Å². The van der Waals surface area contributed by atoms with E-state index in [-0.39, 0.29) is 0 Å². The highest BCUT2D eigenvalue weighted by Crippen LogP contribution is 2.18. The van der Waals surface area contributed by atoms with Gasteiger partial charge < -0.3 is 9.51 Å². The first-order valence-electron chi connectivity index (χ1n) is 4.45. The molecular formula is C11H12N2O. The molecule has 2 aromatic heterocycles. The molecule has 0 bridgehead atoms. The van der Waals surface area contributed by atoms with E-state index in [1.54, 1.807) is 6.92 Å². The predicted molar refractivity (Wildman–Crippen MR) is 55.0 cm³/mol. The lowest BCUT2D eigenvalue weighted by atomic mass is 10.1. The molecule has 3 nitrogen and oxygen atoms in total. The number of fused-ring (bicyclic) bond motifs is 1. The van der Waals surface area contributed by atoms with Crippen molar-refractivity contribution in [1.29, 1.82) is 0 Å². The first kappa shape index (κ1) is 8.97. The van der Waals surface area contributed by atoms with E-state index in [1.807, 2.05) is 35.0 Å². The Kier molecular flexibility index (Phi) is 2.09. The van der Waals surface area contributed by atoms with Crippen molar-refractivity contribution in [2.75, 3.05) is 0 Å². The lowest BCUT2D eigenvalue weighted by Gasteiger charge is -2.04. The molecule has 72 valence electrons. The van der Waals surface area contributed by atoms with Crippen LogP contribution >= 0.6 is 0 Å². The van der Waals surface area contributed by atoms with Crippen molar-refractivity contribution >= 4 is 5.65 Å². The molecule has 3 heteroatoms. The molecule has 14 heavy (non-hydrogen) atoms. The Morgan fingerprint density at radius 1 is 1.57 bits per heavy atom. The fourth-order valence-corrected chi connectivity index (χ4v) is 1.34. The molecule has 0 radical (unpaired) electrons. The van der Waals surface area contributed by atoms with Gasteiger partial charge in [-0.3, -0.25) is 0 Å². The molecule has 1 unspecified atom stereocenters. The van der Waals surface area contributed by atoms with Gasteiger partial charge in [0.05, 0.1) is 5.69 Å². The number of aromatic nitrogens is 2. The maximum atomic E-state index is 9.72. The molecule has 1 N–H and O–H groups in total. The Bertz CT molecular complexity index is 440. The van der Waals surface area contributed by atoms with Gasteiger partial charge in [0.15, 0.2) is 0 Å². The Morgan fingerprint density at radius 2 is 2.36 bits per heavy atom. The normalized spacial score (nSPS) is 13.0. The average Bonchev–Trinajstić information content (AvgIpc) is 2.59. The van der Waals surface area contributed by atoms with Crippen molar-refractivity contribution in [3.63, 3.8) is 0 Å². The summed E-state index contributed by atoms with van der Waals surface area (Å²) in [6.07, 6.45) is 3.04. The Morgan fingerprint density at radius 3 is 3.00 bits per heavy atom. The molecule has 0 saturated heterocycles. The number of imidazole rings is 1. The molecule has 2 aromatic rings. The zero-order chi connectivity index (χ0) is 10.1. The van der Waals surface area contributed by atoms with Crippen LogP contribution < -0.4 is 0 Å². The van der Waals surface area contributed by atoms with Gasteiger partial charge in [0.25, 0.3) is 0 Å². The van der Waals surface area contributed by atoms with Crippen LogP contribution in [-0.2, 0) is 0 Å². The maximum Gasteiger partial charge on any atom is 0.137 e. The Hall–Kier alpha value is -1.61. The number of nitrogens with zero attached hydrogens (tertiary/aromatic N) is 2. The van der Waals surface area contributed by atoms with E-state index in [9.17, 15) is 5.11 Å². The summed E-state index contributed by atoms with van der Waals surface area (Å²) in [6, 6.07) is 5.74. The molecule has 0 aliphatic carbocycles. The van der Waals surface area contributed by atoms with E-state index in [4.69, 9.17) is 0 Å². The molecule has 0 fully saturated rings. The highest BCUT2D eigenvalue weighted by Gasteiger charge is 2.11. The monoisotopic (exact) mass is 188 g/mol. The third-order valence-corrected chi connectivity index (χ3v) is 2.13. The first-order chi connectivity index (χ1) is 6.68. The quantitative estimate of drug-likeness (QED) is 0.731. The van der Waals surface area contributed by atoms with Gasteiger partial charge in [0, 0.05) is 12.4 Å². The fourth-order valence-electron chi connectivity index (χ4n) is 1.34. The molecule has 0 aliphatic rings. The van der Waals surface area contributed by atoms with Gasteiger partial charge in [-0.05, 0) is 24.6 Å². The second-order valence-corrected chi connectivity index (χ2v) is 3.38. The summed E-state index contributed by atoms with van der Waals surface area (Å²) >= 11 is 0. The first-order valence-corrected chi connectivity index (χ1v) is 4.45. The molecule has 0 amide bonds. The molecule has 0 aromatic carbocycles. The third kappa shape index (κ3) is 1.42. The van der Waals surface area contributed by atoms with E-state index in [1.165, 1.54) is 0 Å². The molecular weight excluding hydrogens is 176 g/mol. The van der Waals surface area contributed by atoms with Gasteiger partial charge in [-0.2, -0.15) is 0 Å².